The standard InChI is InChI=1S/C17H10N2O4S/c20-15-10-14(18-17(24-15)12-4-2-1-3-5-12)16(21)11-6-8-13(9-7-11)19(22)23/h1-10H. The zero-order chi connectivity index (χ0) is 17.1. The summed E-state index contributed by atoms with van der Waals surface area (Å²) in [5, 5.41) is 11.1. The third-order valence-electron chi connectivity index (χ3n) is 3.27. The van der Waals surface area contributed by atoms with Crippen LogP contribution in [0.25, 0.3) is 10.6 Å². The molecule has 0 amide bonds. The van der Waals surface area contributed by atoms with Crippen LogP contribution in [0.3, 0.4) is 0 Å². The summed E-state index contributed by atoms with van der Waals surface area (Å²) in [7, 11) is 0. The molecule has 0 unspecified atom stereocenters. The zero-order valence-electron chi connectivity index (χ0n) is 12.2. The molecule has 0 N–H and O–H groups in total. The first-order chi connectivity index (χ1) is 11.5. The number of benzene rings is 2. The highest BCUT2D eigenvalue weighted by atomic mass is 32.1. The molecule has 0 saturated heterocycles. The second kappa shape index (κ2) is 6.51. The molecule has 0 bridgehead atoms. The van der Waals surface area contributed by atoms with Gasteiger partial charge in [0.1, 0.15) is 10.7 Å². The summed E-state index contributed by atoms with van der Waals surface area (Å²) in [6.07, 6.45) is 0. The van der Waals surface area contributed by atoms with Gasteiger partial charge < -0.3 is 0 Å². The Labute approximate surface area is 140 Å². The number of hydrogen-bond acceptors (Lipinski definition) is 6. The highest BCUT2D eigenvalue weighted by Crippen LogP contribution is 2.20. The van der Waals surface area contributed by atoms with Gasteiger partial charge in [0.25, 0.3) is 5.69 Å². The van der Waals surface area contributed by atoms with Crippen molar-refractivity contribution in [3.8, 4) is 10.6 Å². The minimum atomic E-state index is -0.542. The molecule has 7 heteroatoms. The van der Waals surface area contributed by atoms with E-state index in [9.17, 15) is 19.7 Å². The molecular formula is C17H10N2O4S. The molecule has 0 aliphatic heterocycles. The van der Waals surface area contributed by atoms with Crippen LogP contribution in [-0.2, 0) is 0 Å². The average molecular weight is 338 g/mol. The summed E-state index contributed by atoms with van der Waals surface area (Å²) in [5.41, 5.74) is 0.899. The molecule has 0 saturated carbocycles. The second-order valence-corrected chi connectivity index (χ2v) is 5.86. The number of nitro groups is 1. The van der Waals surface area contributed by atoms with E-state index in [1.807, 2.05) is 18.2 Å². The third kappa shape index (κ3) is 3.26. The molecule has 0 fully saturated rings. The SMILES string of the molecule is O=C(c1ccc([N+](=O)[O-])cc1)c1cc(=O)sc(-c2ccccc2)n1. The number of nitrogens with zero attached hydrogens (tertiary/aromatic N) is 2. The van der Waals surface area contributed by atoms with Crippen molar-refractivity contribution in [3.05, 3.63) is 91.6 Å². The number of aromatic nitrogens is 1. The predicted molar refractivity (Wildman–Crippen MR) is 90.3 cm³/mol. The van der Waals surface area contributed by atoms with Gasteiger partial charge in [-0.25, -0.2) is 4.98 Å². The van der Waals surface area contributed by atoms with Gasteiger partial charge in [-0.3, -0.25) is 19.7 Å². The monoisotopic (exact) mass is 338 g/mol. The lowest BCUT2D eigenvalue weighted by Gasteiger charge is -2.03. The number of carbonyl (C=O) groups is 1. The van der Waals surface area contributed by atoms with Gasteiger partial charge in [-0.15, -0.1) is 0 Å². The fourth-order valence-corrected chi connectivity index (χ4v) is 2.86. The molecule has 2 aromatic carbocycles. The maximum absolute atomic E-state index is 12.5. The average Bonchev–Trinajstić information content (AvgIpc) is 2.61. The molecule has 24 heavy (non-hydrogen) atoms. The lowest BCUT2D eigenvalue weighted by atomic mass is 10.1. The van der Waals surface area contributed by atoms with E-state index in [0.717, 1.165) is 16.9 Å². The summed E-state index contributed by atoms with van der Waals surface area (Å²) < 4.78 is -0.283. The lowest BCUT2D eigenvalue weighted by Crippen LogP contribution is -2.09. The summed E-state index contributed by atoms with van der Waals surface area (Å²) in [6, 6.07) is 15.5. The number of carbonyl (C=O) groups excluding carboxylic acids is 1. The molecular weight excluding hydrogens is 328 g/mol. The first-order valence-electron chi connectivity index (χ1n) is 6.91. The van der Waals surface area contributed by atoms with E-state index in [2.05, 4.69) is 4.98 Å². The Hall–Kier alpha value is -3.19. The van der Waals surface area contributed by atoms with Crippen LogP contribution in [0.1, 0.15) is 16.1 Å². The van der Waals surface area contributed by atoms with E-state index in [1.54, 1.807) is 12.1 Å². The number of nitro benzene ring substituents is 1. The third-order valence-corrected chi connectivity index (χ3v) is 4.11. The molecule has 3 aromatic rings. The number of ketones is 1. The van der Waals surface area contributed by atoms with E-state index in [0.29, 0.717) is 5.01 Å². The first kappa shape index (κ1) is 15.7. The lowest BCUT2D eigenvalue weighted by molar-refractivity contribution is -0.384. The topological polar surface area (TPSA) is 90.2 Å². The van der Waals surface area contributed by atoms with Crippen LogP contribution in [0.4, 0.5) is 5.69 Å². The number of hydrogen-bond donors (Lipinski definition) is 0. The highest BCUT2D eigenvalue weighted by Gasteiger charge is 2.15. The summed E-state index contributed by atoms with van der Waals surface area (Å²) in [6.45, 7) is 0. The van der Waals surface area contributed by atoms with E-state index in [-0.39, 0.29) is 21.7 Å². The van der Waals surface area contributed by atoms with Crippen molar-refractivity contribution in [3.63, 3.8) is 0 Å². The predicted octanol–water partition coefficient (Wildman–Crippen LogP) is 3.31. The maximum atomic E-state index is 12.5. The maximum Gasteiger partial charge on any atom is 0.269 e. The van der Waals surface area contributed by atoms with Gasteiger partial charge >= 0.3 is 0 Å². The Morgan fingerprint density at radius 1 is 1.04 bits per heavy atom. The summed E-state index contributed by atoms with van der Waals surface area (Å²) in [5.74, 6) is -0.452. The van der Waals surface area contributed by atoms with Crippen molar-refractivity contribution < 1.29 is 9.72 Å². The van der Waals surface area contributed by atoms with Crippen LogP contribution < -0.4 is 4.74 Å². The van der Waals surface area contributed by atoms with Crippen molar-refractivity contribution in [2.75, 3.05) is 0 Å². The van der Waals surface area contributed by atoms with Gasteiger partial charge in [-0.1, -0.05) is 41.7 Å². The van der Waals surface area contributed by atoms with Gasteiger partial charge in [0.05, 0.1) is 4.92 Å². The van der Waals surface area contributed by atoms with Gasteiger partial charge in [0.15, 0.2) is 0 Å². The fourth-order valence-electron chi connectivity index (χ4n) is 2.10. The van der Waals surface area contributed by atoms with Gasteiger partial charge in [-0.05, 0) is 12.1 Å². The number of non-ortho nitro benzene ring substituents is 1. The molecule has 0 aliphatic rings. The largest absolute Gasteiger partial charge is 0.287 e. The van der Waals surface area contributed by atoms with Crippen LogP contribution in [0, 0.1) is 10.1 Å². The highest BCUT2D eigenvalue weighted by molar-refractivity contribution is 7.12. The second-order valence-electron chi connectivity index (χ2n) is 4.87. The Balaban J connectivity index is 2.00. The molecule has 0 spiro atoms. The Kier molecular flexibility index (Phi) is 4.26. The normalized spacial score (nSPS) is 10.3. The minimum Gasteiger partial charge on any atom is -0.287 e. The molecule has 6 nitrogen and oxygen atoms in total. The zero-order valence-corrected chi connectivity index (χ0v) is 13.0. The smallest absolute Gasteiger partial charge is 0.269 e. The van der Waals surface area contributed by atoms with Crippen LogP contribution in [0.2, 0.25) is 0 Å². The van der Waals surface area contributed by atoms with Gasteiger partial charge in [0.2, 0.25) is 10.5 Å². The van der Waals surface area contributed by atoms with Crippen molar-refractivity contribution in [2.24, 2.45) is 0 Å². The molecule has 0 atom stereocenters. The van der Waals surface area contributed by atoms with Crippen molar-refractivity contribution in [1.82, 2.24) is 4.98 Å². The first-order valence-corrected chi connectivity index (χ1v) is 7.73. The molecule has 1 heterocycles. The van der Waals surface area contributed by atoms with E-state index < -0.39 is 10.7 Å². The van der Waals surface area contributed by atoms with Crippen LogP contribution in [-0.4, -0.2) is 15.7 Å². The summed E-state index contributed by atoms with van der Waals surface area (Å²) in [4.78, 5) is 38.8. The van der Waals surface area contributed by atoms with Crippen LogP contribution in [0.15, 0.2) is 65.5 Å². The molecule has 0 radical (unpaired) electrons. The van der Waals surface area contributed by atoms with E-state index in [1.165, 1.54) is 30.3 Å². The van der Waals surface area contributed by atoms with E-state index >= 15 is 0 Å². The minimum absolute atomic E-state index is 0.0199. The Morgan fingerprint density at radius 3 is 2.33 bits per heavy atom. The van der Waals surface area contributed by atoms with Crippen molar-refractivity contribution in [2.45, 2.75) is 0 Å². The molecule has 1 aromatic heterocycles. The molecule has 3 rings (SSSR count). The quantitative estimate of drug-likeness (QED) is 0.413. The van der Waals surface area contributed by atoms with Gasteiger partial charge in [-0.2, -0.15) is 0 Å². The van der Waals surface area contributed by atoms with Crippen LogP contribution in [0.5, 0.6) is 0 Å². The molecule has 0 aliphatic carbocycles. The Bertz CT molecular complexity index is 966. The van der Waals surface area contributed by atoms with Crippen molar-refractivity contribution in [1.29, 1.82) is 0 Å². The summed E-state index contributed by atoms with van der Waals surface area (Å²) >= 11 is 0.955. The fraction of sp³-hybridized carbons (Fsp3) is 0. The van der Waals surface area contributed by atoms with Crippen LogP contribution >= 0.6 is 11.3 Å². The number of rotatable bonds is 4. The Morgan fingerprint density at radius 2 is 1.71 bits per heavy atom. The van der Waals surface area contributed by atoms with Gasteiger partial charge in [0, 0.05) is 29.3 Å². The van der Waals surface area contributed by atoms with E-state index in [4.69, 9.17) is 0 Å². The van der Waals surface area contributed by atoms with Crippen molar-refractivity contribution >= 4 is 22.8 Å². The molecule has 118 valence electrons.